The number of hydrogen-bond acceptors (Lipinski definition) is 4. The van der Waals surface area contributed by atoms with E-state index in [2.05, 4.69) is 15.4 Å². The lowest BCUT2D eigenvalue weighted by molar-refractivity contribution is 0.191. The summed E-state index contributed by atoms with van der Waals surface area (Å²) < 4.78 is 1.71. The van der Waals surface area contributed by atoms with E-state index in [0.29, 0.717) is 12.5 Å². The molecule has 0 aliphatic carbocycles. The van der Waals surface area contributed by atoms with Gasteiger partial charge in [0.05, 0.1) is 6.10 Å². The minimum Gasteiger partial charge on any atom is -0.387 e. The molecule has 102 valence electrons. The number of benzene rings is 1. The standard InChI is InChI=1S/C15H16N4O/c1-11-7-8-19-14(9-11)17-15(18-19)16-10-13(20)12-5-3-2-4-6-12/h2-9,13,20H,10H2,1H3,(H,16,18). The van der Waals surface area contributed by atoms with Gasteiger partial charge >= 0.3 is 0 Å². The number of aryl methyl sites for hydroxylation is 1. The maximum atomic E-state index is 10.1. The first-order valence-electron chi connectivity index (χ1n) is 6.52. The first-order chi connectivity index (χ1) is 9.72. The average Bonchev–Trinajstić information content (AvgIpc) is 2.87. The number of aromatic nitrogens is 3. The van der Waals surface area contributed by atoms with E-state index in [4.69, 9.17) is 0 Å². The highest BCUT2D eigenvalue weighted by Crippen LogP contribution is 2.13. The summed E-state index contributed by atoms with van der Waals surface area (Å²) in [4.78, 5) is 4.37. The van der Waals surface area contributed by atoms with Gasteiger partial charge in [-0.1, -0.05) is 30.3 Å². The normalized spacial score (nSPS) is 12.5. The Labute approximate surface area is 116 Å². The monoisotopic (exact) mass is 268 g/mol. The van der Waals surface area contributed by atoms with Crippen LogP contribution in [-0.4, -0.2) is 26.2 Å². The molecule has 0 fully saturated rings. The van der Waals surface area contributed by atoms with Crippen LogP contribution in [0.5, 0.6) is 0 Å². The number of nitrogens with zero attached hydrogens (tertiary/aromatic N) is 3. The van der Waals surface area contributed by atoms with Crippen molar-refractivity contribution >= 4 is 11.6 Å². The zero-order chi connectivity index (χ0) is 13.9. The summed E-state index contributed by atoms with van der Waals surface area (Å²) in [6, 6.07) is 13.5. The summed E-state index contributed by atoms with van der Waals surface area (Å²) in [6.45, 7) is 2.39. The van der Waals surface area contributed by atoms with E-state index in [1.807, 2.05) is 55.6 Å². The molecule has 1 unspecified atom stereocenters. The zero-order valence-corrected chi connectivity index (χ0v) is 11.2. The third-order valence-corrected chi connectivity index (χ3v) is 3.13. The Kier molecular flexibility index (Phi) is 3.35. The van der Waals surface area contributed by atoms with Gasteiger partial charge < -0.3 is 10.4 Å². The Balaban J connectivity index is 1.71. The molecule has 1 atom stereocenters. The first-order valence-corrected chi connectivity index (χ1v) is 6.52. The van der Waals surface area contributed by atoms with E-state index in [9.17, 15) is 5.11 Å². The second kappa shape index (κ2) is 5.30. The number of hydrogen-bond donors (Lipinski definition) is 2. The van der Waals surface area contributed by atoms with Gasteiger partial charge in [-0.3, -0.25) is 0 Å². The molecule has 2 heterocycles. The van der Waals surface area contributed by atoms with Gasteiger partial charge in [0.2, 0.25) is 5.95 Å². The van der Waals surface area contributed by atoms with Crippen LogP contribution in [0.4, 0.5) is 5.95 Å². The van der Waals surface area contributed by atoms with Crippen LogP contribution in [0.2, 0.25) is 0 Å². The Hall–Kier alpha value is -2.40. The number of nitrogens with one attached hydrogen (secondary N) is 1. The van der Waals surface area contributed by atoms with Gasteiger partial charge in [-0.2, -0.15) is 4.98 Å². The third-order valence-electron chi connectivity index (χ3n) is 3.13. The average molecular weight is 268 g/mol. The number of rotatable bonds is 4. The molecule has 0 saturated carbocycles. The summed E-state index contributed by atoms with van der Waals surface area (Å²) in [5, 5.41) is 17.4. The van der Waals surface area contributed by atoms with E-state index in [-0.39, 0.29) is 0 Å². The Bertz CT molecular complexity index is 708. The largest absolute Gasteiger partial charge is 0.387 e. The molecule has 0 amide bonds. The Morgan fingerprint density at radius 1 is 1.25 bits per heavy atom. The van der Waals surface area contributed by atoms with Crippen LogP contribution in [0.1, 0.15) is 17.2 Å². The van der Waals surface area contributed by atoms with Crippen LogP contribution in [0, 0.1) is 6.92 Å². The third kappa shape index (κ3) is 2.62. The molecule has 5 nitrogen and oxygen atoms in total. The minimum absolute atomic E-state index is 0.375. The molecule has 0 aliphatic rings. The van der Waals surface area contributed by atoms with Crippen molar-refractivity contribution in [2.24, 2.45) is 0 Å². The van der Waals surface area contributed by atoms with E-state index in [0.717, 1.165) is 16.8 Å². The van der Waals surface area contributed by atoms with Crippen molar-refractivity contribution in [1.29, 1.82) is 0 Å². The van der Waals surface area contributed by atoms with Gasteiger partial charge in [-0.25, -0.2) is 4.52 Å². The van der Waals surface area contributed by atoms with Crippen LogP contribution >= 0.6 is 0 Å². The maximum Gasteiger partial charge on any atom is 0.243 e. The molecule has 1 aromatic carbocycles. The number of pyridine rings is 1. The fourth-order valence-electron chi connectivity index (χ4n) is 2.04. The Morgan fingerprint density at radius 3 is 2.85 bits per heavy atom. The van der Waals surface area contributed by atoms with Crippen molar-refractivity contribution in [3.05, 3.63) is 59.8 Å². The van der Waals surface area contributed by atoms with Crippen molar-refractivity contribution in [1.82, 2.24) is 14.6 Å². The van der Waals surface area contributed by atoms with Gasteiger partial charge in [0.25, 0.3) is 0 Å². The molecule has 20 heavy (non-hydrogen) atoms. The molecule has 0 spiro atoms. The van der Waals surface area contributed by atoms with Gasteiger partial charge in [0.15, 0.2) is 5.65 Å². The van der Waals surface area contributed by atoms with Crippen LogP contribution in [0.25, 0.3) is 5.65 Å². The van der Waals surface area contributed by atoms with Crippen molar-refractivity contribution in [3.8, 4) is 0 Å². The molecule has 0 aliphatic heterocycles. The summed E-state index contributed by atoms with van der Waals surface area (Å²) in [7, 11) is 0. The molecule has 0 saturated heterocycles. The molecule has 5 heteroatoms. The number of fused-ring (bicyclic) bond motifs is 1. The Morgan fingerprint density at radius 2 is 2.05 bits per heavy atom. The van der Waals surface area contributed by atoms with Gasteiger partial charge in [0.1, 0.15) is 0 Å². The van der Waals surface area contributed by atoms with Crippen LogP contribution in [-0.2, 0) is 0 Å². The quantitative estimate of drug-likeness (QED) is 0.761. The van der Waals surface area contributed by atoms with Gasteiger partial charge in [0, 0.05) is 12.7 Å². The van der Waals surface area contributed by atoms with E-state index in [1.165, 1.54) is 0 Å². The lowest BCUT2D eigenvalue weighted by Gasteiger charge is -2.10. The maximum absolute atomic E-state index is 10.1. The van der Waals surface area contributed by atoms with Crippen molar-refractivity contribution < 1.29 is 5.11 Å². The topological polar surface area (TPSA) is 62.5 Å². The highest BCUT2D eigenvalue weighted by atomic mass is 16.3. The summed E-state index contributed by atoms with van der Waals surface area (Å²) in [6.07, 6.45) is 1.29. The number of aliphatic hydroxyl groups excluding tert-OH is 1. The van der Waals surface area contributed by atoms with Crippen LogP contribution in [0.15, 0.2) is 48.7 Å². The lowest BCUT2D eigenvalue weighted by Crippen LogP contribution is -2.12. The molecule has 0 radical (unpaired) electrons. The van der Waals surface area contributed by atoms with Crippen molar-refractivity contribution in [2.45, 2.75) is 13.0 Å². The van der Waals surface area contributed by atoms with E-state index >= 15 is 0 Å². The van der Waals surface area contributed by atoms with Crippen LogP contribution in [0.3, 0.4) is 0 Å². The molecule has 3 aromatic rings. The van der Waals surface area contributed by atoms with E-state index < -0.39 is 6.10 Å². The molecule has 3 rings (SSSR count). The second-order valence-corrected chi connectivity index (χ2v) is 4.75. The number of aliphatic hydroxyl groups is 1. The predicted molar refractivity (Wildman–Crippen MR) is 77.6 cm³/mol. The second-order valence-electron chi connectivity index (χ2n) is 4.75. The summed E-state index contributed by atoms with van der Waals surface area (Å²) in [5.74, 6) is 0.519. The summed E-state index contributed by atoms with van der Waals surface area (Å²) in [5.41, 5.74) is 2.81. The first kappa shape index (κ1) is 12.6. The highest BCUT2D eigenvalue weighted by molar-refractivity contribution is 5.45. The fraction of sp³-hybridized carbons (Fsp3) is 0.200. The summed E-state index contributed by atoms with van der Waals surface area (Å²) >= 11 is 0. The number of anilines is 1. The predicted octanol–water partition coefficient (Wildman–Crippen LogP) is 2.18. The highest BCUT2D eigenvalue weighted by Gasteiger charge is 2.08. The van der Waals surface area contributed by atoms with Gasteiger partial charge in [-0.05, 0) is 30.2 Å². The smallest absolute Gasteiger partial charge is 0.243 e. The molecule has 2 aromatic heterocycles. The molecular formula is C15H16N4O. The zero-order valence-electron chi connectivity index (χ0n) is 11.2. The van der Waals surface area contributed by atoms with Crippen molar-refractivity contribution in [3.63, 3.8) is 0 Å². The van der Waals surface area contributed by atoms with Crippen molar-refractivity contribution in [2.75, 3.05) is 11.9 Å². The lowest BCUT2D eigenvalue weighted by atomic mass is 10.1. The minimum atomic E-state index is -0.579. The fourth-order valence-corrected chi connectivity index (χ4v) is 2.04. The van der Waals surface area contributed by atoms with E-state index in [1.54, 1.807) is 4.52 Å². The molecule has 2 N–H and O–H groups in total. The SMILES string of the molecule is Cc1ccn2nc(NCC(O)c3ccccc3)nc2c1. The van der Waals surface area contributed by atoms with Crippen LogP contribution < -0.4 is 5.32 Å². The van der Waals surface area contributed by atoms with Gasteiger partial charge in [-0.15, -0.1) is 5.10 Å². The molecular weight excluding hydrogens is 252 g/mol. The molecule has 0 bridgehead atoms.